The first-order chi connectivity index (χ1) is 7.06. The fourth-order valence-corrected chi connectivity index (χ4v) is 1.34. The van der Waals surface area contributed by atoms with Gasteiger partial charge in [0.15, 0.2) is 0 Å². The van der Waals surface area contributed by atoms with E-state index in [1.165, 1.54) is 0 Å². The van der Waals surface area contributed by atoms with Crippen LogP contribution >= 0.6 is 12.6 Å². The Morgan fingerprint density at radius 3 is 2.53 bits per heavy atom. The maximum absolute atomic E-state index is 13.2. The van der Waals surface area contributed by atoms with Gasteiger partial charge in [-0.1, -0.05) is 0 Å². The zero-order valence-electron chi connectivity index (χ0n) is 7.74. The van der Waals surface area contributed by atoms with Crippen LogP contribution in [0.4, 0.5) is 14.5 Å². The van der Waals surface area contributed by atoms with Crippen LogP contribution < -0.4 is 0 Å². The molecule has 3 nitrogen and oxygen atoms in total. The summed E-state index contributed by atoms with van der Waals surface area (Å²) in [5, 5.41) is 10.3. The zero-order valence-corrected chi connectivity index (χ0v) is 8.64. The Labute approximate surface area is 90.7 Å². The lowest BCUT2D eigenvalue weighted by molar-refractivity contribution is -0.387. The summed E-state index contributed by atoms with van der Waals surface area (Å²) in [6, 6.07) is 1.49. The van der Waals surface area contributed by atoms with E-state index in [0.717, 1.165) is 6.07 Å². The van der Waals surface area contributed by atoms with Crippen molar-refractivity contribution in [2.75, 3.05) is 5.75 Å². The molecule has 6 heteroatoms. The maximum atomic E-state index is 13.2. The van der Waals surface area contributed by atoms with Crippen LogP contribution in [-0.4, -0.2) is 10.7 Å². The van der Waals surface area contributed by atoms with E-state index in [4.69, 9.17) is 0 Å². The first kappa shape index (κ1) is 11.9. The fourth-order valence-electron chi connectivity index (χ4n) is 1.18. The topological polar surface area (TPSA) is 43.1 Å². The van der Waals surface area contributed by atoms with E-state index in [2.05, 4.69) is 12.6 Å². The molecule has 0 fully saturated rings. The number of nitro groups is 1. The van der Waals surface area contributed by atoms with Crippen LogP contribution in [0.5, 0.6) is 0 Å². The number of halogens is 2. The molecule has 0 radical (unpaired) electrons. The average molecular weight is 233 g/mol. The minimum absolute atomic E-state index is 0.146. The number of rotatable bonds is 4. The van der Waals surface area contributed by atoms with E-state index < -0.39 is 22.2 Å². The van der Waals surface area contributed by atoms with Crippen molar-refractivity contribution >= 4 is 18.3 Å². The van der Waals surface area contributed by atoms with Gasteiger partial charge in [0.25, 0.3) is 0 Å². The predicted octanol–water partition coefficient (Wildman–Crippen LogP) is 2.74. The number of hydrogen-bond donors (Lipinski definition) is 1. The first-order valence-corrected chi connectivity index (χ1v) is 4.92. The van der Waals surface area contributed by atoms with Gasteiger partial charge in [-0.05, 0) is 30.2 Å². The minimum atomic E-state index is -1.00. The van der Waals surface area contributed by atoms with Gasteiger partial charge in [0.2, 0.25) is 5.82 Å². The van der Waals surface area contributed by atoms with Crippen molar-refractivity contribution in [3.63, 3.8) is 0 Å². The summed E-state index contributed by atoms with van der Waals surface area (Å²) in [7, 11) is 0. The molecule has 0 bridgehead atoms. The van der Waals surface area contributed by atoms with Crippen molar-refractivity contribution < 1.29 is 13.7 Å². The summed E-state index contributed by atoms with van der Waals surface area (Å²) >= 11 is 3.94. The molecule has 1 rings (SSSR count). The van der Waals surface area contributed by atoms with Gasteiger partial charge in [-0.25, -0.2) is 4.39 Å². The molecular weight excluding hydrogens is 224 g/mol. The number of hydrogen-bond acceptors (Lipinski definition) is 3. The van der Waals surface area contributed by atoms with E-state index >= 15 is 0 Å². The second-order valence-corrected chi connectivity index (χ2v) is 3.43. The van der Waals surface area contributed by atoms with Crippen LogP contribution in [0.1, 0.15) is 12.0 Å². The Balaban J connectivity index is 3.02. The largest absolute Gasteiger partial charge is 0.307 e. The van der Waals surface area contributed by atoms with E-state index in [-0.39, 0.29) is 5.56 Å². The lowest BCUT2D eigenvalue weighted by Gasteiger charge is -2.02. The van der Waals surface area contributed by atoms with Crippen LogP contribution in [0, 0.1) is 21.7 Å². The van der Waals surface area contributed by atoms with Crippen molar-refractivity contribution in [1.29, 1.82) is 0 Å². The first-order valence-electron chi connectivity index (χ1n) is 4.29. The molecule has 1 aromatic carbocycles. The normalized spacial score (nSPS) is 10.3. The summed E-state index contributed by atoms with van der Waals surface area (Å²) in [6.45, 7) is 0. The molecule has 0 unspecified atom stereocenters. The lowest BCUT2D eigenvalue weighted by Crippen LogP contribution is -1.98. The Morgan fingerprint density at radius 2 is 2.00 bits per heavy atom. The quantitative estimate of drug-likeness (QED) is 0.493. The van der Waals surface area contributed by atoms with Crippen molar-refractivity contribution in [3.05, 3.63) is 39.4 Å². The van der Waals surface area contributed by atoms with Gasteiger partial charge < -0.3 is 0 Å². The molecule has 0 N–H and O–H groups in total. The van der Waals surface area contributed by atoms with Crippen molar-refractivity contribution in [1.82, 2.24) is 0 Å². The summed E-state index contributed by atoms with van der Waals surface area (Å²) in [5.41, 5.74) is -0.686. The van der Waals surface area contributed by atoms with Gasteiger partial charge in [-0.3, -0.25) is 10.1 Å². The molecule has 0 spiro atoms. The van der Waals surface area contributed by atoms with Crippen LogP contribution in [-0.2, 0) is 6.42 Å². The molecular formula is C9H9F2NO2S. The molecule has 82 valence electrons. The molecule has 0 atom stereocenters. The number of aryl methyl sites for hydroxylation is 1. The van der Waals surface area contributed by atoms with E-state index in [1.807, 2.05) is 0 Å². The van der Waals surface area contributed by atoms with Crippen LogP contribution in [0.25, 0.3) is 0 Å². The lowest BCUT2D eigenvalue weighted by atomic mass is 10.1. The Morgan fingerprint density at radius 1 is 1.33 bits per heavy atom. The number of benzene rings is 1. The zero-order chi connectivity index (χ0) is 11.4. The third-order valence-corrected chi connectivity index (χ3v) is 2.23. The highest BCUT2D eigenvalue weighted by atomic mass is 32.1. The third-order valence-electron chi connectivity index (χ3n) is 1.92. The monoisotopic (exact) mass is 233 g/mol. The van der Waals surface area contributed by atoms with Crippen LogP contribution in [0.3, 0.4) is 0 Å². The number of nitrogens with zero attached hydrogens (tertiary/aromatic N) is 1. The van der Waals surface area contributed by atoms with Crippen molar-refractivity contribution in [2.24, 2.45) is 0 Å². The molecule has 0 aromatic heterocycles. The third kappa shape index (κ3) is 2.89. The predicted molar refractivity (Wildman–Crippen MR) is 55.2 cm³/mol. The Hall–Kier alpha value is -1.17. The number of nitro benzene ring substituents is 1. The highest BCUT2D eigenvalue weighted by Gasteiger charge is 2.17. The second kappa shape index (κ2) is 5.06. The Kier molecular flexibility index (Phi) is 4.02. The smallest absolute Gasteiger partial charge is 0.258 e. The van der Waals surface area contributed by atoms with Crippen molar-refractivity contribution in [2.45, 2.75) is 12.8 Å². The summed E-state index contributed by atoms with van der Waals surface area (Å²) in [4.78, 5) is 9.34. The summed E-state index contributed by atoms with van der Waals surface area (Å²) in [6.07, 6.45) is 0.918. The molecule has 0 heterocycles. The Bertz CT molecular complexity index is 385. The highest BCUT2D eigenvalue weighted by Crippen LogP contribution is 2.22. The molecule has 0 aliphatic rings. The fraction of sp³-hybridized carbons (Fsp3) is 0.333. The van der Waals surface area contributed by atoms with Gasteiger partial charge in [-0.2, -0.15) is 17.0 Å². The van der Waals surface area contributed by atoms with E-state index in [1.54, 1.807) is 0 Å². The van der Waals surface area contributed by atoms with Crippen molar-refractivity contribution in [3.8, 4) is 0 Å². The van der Waals surface area contributed by atoms with Gasteiger partial charge in [0.05, 0.1) is 11.0 Å². The second-order valence-electron chi connectivity index (χ2n) is 2.98. The summed E-state index contributed by atoms with van der Waals surface area (Å²) < 4.78 is 26.3. The standard InChI is InChI=1S/C9H9F2NO2S/c10-7-5-9(12(13)14)8(11)4-6(7)2-1-3-15/h4-5,15H,1-3H2. The molecule has 0 saturated heterocycles. The van der Waals surface area contributed by atoms with Gasteiger partial charge in [-0.15, -0.1) is 0 Å². The van der Waals surface area contributed by atoms with E-state index in [9.17, 15) is 18.9 Å². The van der Waals surface area contributed by atoms with Crippen LogP contribution in [0.2, 0.25) is 0 Å². The van der Waals surface area contributed by atoms with Gasteiger partial charge in [0, 0.05) is 0 Å². The summed E-state index contributed by atoms with van der Waals surface area (Å²) in [5.74, 6) is -1.20. The maximum Gasteiger partial charge on any atom is 0.307 e. The SMILES string of the molecule is O=[N+]([O-])c1cc(F)c(CCCS)cc1F. The molecule has 0 saturated carbocycles. The molecule has 1 aromatic rings. The number of thiol groups is 1. The van der Waals surface area contributed by atoms with E-state index in [0.29, 0.717) is 24.7 Å². The molecule has 0 aliphatic carbocycles. The molecule has 0 aliphatic heterocycles. The molecule has 15 heavy (non-hydrogen) atoms. The van der Waals surface area contributed by atoms with Gasteiger partial charge in [0.1, 0.15) is 5.82 Å². The van der Waals surface area contributed by atoms with Gasteiger partial charge >= 0.3 is 5.69 Å². The average Bonchev–Trinajstić information content (AvgIpc) is 2.18. The van der Waals surface area contributed by atoms with Crippen LogP contribution in [0.15, 0.2) is 12.1 Å². The highest BCUT2D eigenvalue weighted by molar-refractivity contribution is 7.80. The minimum Gasteiger partial charge on any atom is -0.258 e. The molecule has 0 amide bonds.